The van der Waals surface area contributed by atoms with Gasteiger partial charge in [0.2, 0.25) is 0 Å². The molecule has 20 nitrogen and oxygen atoms in total. The average molecular weight is 965 g/mol. The second kappa shape index (κ2) is 24.9. The number of benzene rings is 2. The third-order valence-electron chi connectivity index (χ3n) is 11.3. The smallest absolute Gasteiger partial charge is 0.252 e. The van der Waals surface area contributed by atoms with Crippen molar-refractivity contribution in [3.8, 4) is 0 Å². The van der Waals surface area contributed by atoms with E-state index in [1.165, 1.54) is 12.4 Å². The molecule has 20 heteroatoms. The van der Waals surface area contributed by atoms with Gasteiger partial charge in [-0.05, 0) is 88.8 Å². The number of hydrogen-bond donors (Lipinski definition) is 7. The van der Waals surface area contributed by atoms with Crippen LogP contribution >= 0.6 is 0 Å². The number of aromatic nitrogens is 8. The van der Waals surface area contributed by atoms with Gasteiger partial charge >= 0.3 is 0 Å². The summed E-state index contributed by atoms with van der Waals surface area (Å²) in [5.41, 5.74) is 24.3. The molecule has 6 heterocycles. The molecule has 0 saturated carbocycles. The molecule has 0 aliphatic rings. The Bertz CT molecular complexity index is 3080. The highest BCUT2D eigenvalue weighted by molar-refractivity contribution is 6.07. The molecule has 8 rings (SSSR count). The van der Waals surface area contributed by atoms with E-state index in [4.69, 9.17) is 37.0 Å². The topological polar surface area (TPSA) is 278 Å². The number of anilines is 4. The molecule has 372 valence electrons. The van der Waals surface area contributed by atoms with Gasteiger partial charge in [-0.1, -0.05) is 63.1 Å². The van der Waals surface area contributed by atoms with Crippen LogP contribution in [0.1, 0.15) is 111 Å². The van der Waals surface area contributed by atoms with Crippen molar-refractivity contribution < 1.29 is 19.3 Å². The van der Waals surface area contributed by atoms with Crippen molar-refractivity contribution in [1.29, 1.82) is 0 Å². The number of nitrogens with zero attached hydrogens (tertiary/aromatic N) is 9. The third-order valence-corrected chi connectivity index (χ3v) is 11.3. The van der Waals surface area contributed by atoms with Crippen molar-refractivity contribution in [3.63, 3.8) is 0 Å². The second-order valence-corrected chi connectivity index (χ2v) is 17.0. The fraction of sp³-hybridized carbons (Fsp3) is 0.353. The van der Waals surface area contributed by atoms with Gasteiger partial charge in [0.05, 0.1) is 22.2 Å². The van der Waals surface area contributed by atoms with Gasteiger partial charge in [-0.3, -0.25) is 15.0 Å². The Morgan fingerprint density at radius 3 is 1.49 bits per heavy atom. The molecule has 6 aromatic heterocycles. The number of nitrogens with two attached hydrogens (primary N) is 3. The summed E-state index contributed by atoms with van der Waals surface area (Å²) < 4.78 is 3.65. The molecule has 0 fully saturated rings. The van der Waals surface area contributed by atoms with E-state index in [1.807, 2.05) is 71.8 Å². The molecular weight excluding hydrogens is 901 g/mol. The predicted octanol–water partition coefficient (Wildman–Crippen LogP) is 7.18. The maximum Gasteiger partial charge on any atom is 0.252 e. The number of rotatable bonds is 23. The standard InChI is InChI=1S/C27H34N8O2.C24H30N8O2/c1-4-5-12-23-32-24-25(20-10-6-7-11-21(20)31-26(24)28)35(23)37-16-9-8-15-29-27(36)19-13-14-22(30-17-19)34-33-18(2)3;1-2-3-10-20-30-21-22(17-8-4-5-9-18(17)29-23(21)25)32(20)34-14-7-6-13-27-24(33)16-11-12-19(31-26)28-15-16/h6-7,10-11,13-14,17H,4-5,8-9,12,15-16H2,1-3H3,(H2,28,31)(H,29,36)(H,30,34);4-5,8-9,11-12,15H,2-3,6-7,10,13-14,26H2,1H3,(H2,25,29)(H,27,33)(H,28,31). The fourth-order valence-electron chi connectivity index (χ4n) is 7.66. The number of unbranched alkanes of at least 4 members (excludes halogenated alkanes) is 4. The monoisotopic (exact) mass is 965 g/mol. The quantitative estimate of drug-likeness (QED) is 0.0145. The van der Waals surface area contributed by atoms with Crippen LogP contribution in [0.5, 0.6) is 0 Å². The molecule has 0 spiro atoms. The zero-order chi connectivity index (χ0) is 50.1. The van der Waals surface area contributed by atoms with Crippen LogP contribution in [0.2, 0.25) is 0 Å². The minimum Gasteiger partial charge on any atom is -0.412 e. The van der Waals surface area contributed by atoms with Gasteiger partial charge in [-0.25, -0.2) is 35.7 Å². The molecule has 0 unspecified atom stereocenters. The molecule has 0 radical (unpaired) electrons. The van der Waals surface area contributed by atoms with E-state index < -0.39 is 0 Å². The molecule has 2 amide bonds. The number of hydrazine groups is 1. The number of hydrazone groups is 1. The molecule has 0 atom stereocenters. The number of para-hydroxylation sites is 2. The molecule has 0 aliphatic heterocycles. The lowest BCUT2D eigenvalue weighted by Gasteiger charge is -2.12. The van der Waals surface area contributed by atoms with Crippen molar-refractivity contribution in [2.45, 2.75) is 91.9 Å². The van der Waals surface area contributed by atoms with Gasteiger partial charge in [0.1, 0.15) is 58.6 Å². The lowest BCUT2D eigenvalue weighted by atomic mass is 10.2. The summed E-state index contributed by atoms with van der Waals surface area (Å²) in [6, 6.07) is 22.5. The molecule has 0 aliphatic carbocycles. The number of nitrogen functional groups attached to an aromatic ring is 3. The van der Waals surface area contributed by atoms with Gasteiger partial charge in [-0.15, -0.1) is 0 Å². The summed E-state index contributed by atoms with van der Waals surface area (Å²) in [4.78, 5) is 63.9. The summed E-state index contributed by atoms with van der Waals surface area (Å²) >= 11 is 0. The highest BCUT2D eigenvalue weighted by Crippen LogP contribution is 2.30. The van der Waals surface area contributed by atoms with Crippen LogP contribution in [0.3, 0.4) is 0 Å². The van der Waals surface area contributed by atoms with Crippen molar-refractivity contribution in [2.24, 2.45) is 10.9 Å². The van der Waals surface area contributed by atoms with Crippen molar-refractivity contribution in [2.75, 3.05) is 48.6 Å². The number of fused-ring (bicyclic) bond motifs is 6. The summed E-state index contributed by atoms with van der Waals surface area (Å²) in [5.74, 6) is 8.56. The van der Waals surface area contributed by atoms with Gasteiger partial charge in [0, 0.05) is 54.8 Å². The minimum absolute atomic E-state index is 0.160. The van der Waals surface area contributed by atoms with Crippen LogP contribution in [-0.4, -0.2) is 83.2 Å². The molecule has 0 saturated heterocycles. The largest absolute Gasteiger partial charge is 0.412 e. The van der Waals surface area contributed by atoms with Gasteiger partial charge in [-0.2, -0.15) is 14.6 Å². The van der Waals surface area contributed by atoms with E-state index in [0.29, 0.717) is 71.7 Å². The minimum atomic E-state index is -0.172. The second-order valence-electron chi connectivity index (χ2n) is 17.0. The predicted molar refractivity (Wildman–Crippen MR) is 281 cm³/mol. The van der Waals surface area contributed by atoms with Crippen LogP contribution in [0.15, 0.2) is 90.3 Å². The molecular formula is C51H64N16O4. The number of carbonyl (C=O) groups is 2. The van der Waals surface area contributed by atoms with Crippen LogP contribution in [0.25, 0.3) is 43.9 Å². The number of nitrogens with one attached hydrogen (secondary N) is 4. The van der Waals surface area contributed by atoms with Gasteiger partial charge in [0.15, 0.2) is 11.6 Å². The highest BCUT2D eigenvalue weighted by atomic mass is 16.7. The van der Waals surface area contributed by atoms with Crippen LogP contribution in [-0.2, 0) is 12.8 Å². The van der Waals surface area contributed by atoms with E-state index in [9.17, 15) is 9.59 Å². The Balaban J connectivity index is 0.000000209. The van der Waals surface area contributed by atoms with E-state index in [-0.39, 0.29) is 11.8 Å². The molecule has 71 heavy (non-hydrogen) atoms. The first-order valence-electron chi connectivity index (χ1n) is 24.2. The summed E-state index contributed by atoms with van der Waals surface area (Å²) in [6.45, 7) is 10.1. The summed E-state index contributed by atoms with van der Waals surface area (Å²) in [6.07, 6.45) is 11.8. The Kier molecular flexibility index (Phi) is 17.8. The zero-order valence-electron chi connectivity index (χ0n) is 40.9. The van der Waals surface area contributed by atoms with Crippen LogP contribution in [0, 0.1) is 0 Å². The normalized spacial score (nSPS) is 11.1. The molecule has 8 aromatic rings. The van der Waals surface area contributed by atoms with Gasteiger partial charge < -0.3 is 37.2 Å². The van der Waals surface area contributed by atoms with Crippen molar-refractivity contribution >= 4 is 84.7 Å². The van der Waals surface area contributed by atoms with Crippen LogP contribution in [0.4, 0.5) is 23.3 Å². The van der Waals surface area contributed by atoms with E-state index >= 15 is 0 Å². The highest BCUT2D eigenvalue weighted by Gasteiger charge is 2.20. The lowest BCUT2D eigenvalue weighted by Crippen LogP contribution is -2.25. The van der Waals surface area contributed by atoms with Crippen molar-refractivity contribution in [3.05, 3.63) is 108 Å². The number of amides is 2. The zero-order valence-corrected chi connectivity index (χ0v) is 40.9. The first-order valence-corrected chi connectivity index (χ1v) is 24.2. The van der Waals surface area contributed by atoms with E-state index in [2.05, 4.69) is 60.4 Å². The van der Waals surface area contributed by atoms with E-state index in [1.54, 1.807) is 24.3 Å². The number of carbonyl (C=O) groups excluding carboxylic acids is 2. The number of aryl methyl sites for hydroxylation is 2. The maximum absolute atomic E-state index is 12.4. The maximum atomic E-state index is 12.4. The summed E-state index contributed by atoms with van der Waals surface area (Å²) in [7, 11) is 0. The molecule has 2 aromatic carbocycles. The number of hydrogen-bond acceptors (Lipinski definition) is 16. The molecule has 10 N–H and O–H groups in total. The Morgan fingerprint density at radius 1 is 0.606 bits per heavy atom. The molecule has 0 bridgehead atoms. The average Bonchev–Trinajstić information content (AvgIpc) is 3.95. The summed E-state index contributed by atoms with van der Waals surface area (Å²) in [5, 5.41) is 11.9. The first kappa shape index (κ1) is 50.7. The van der Waals surface area contributed by atoms with Gasteiger partial charge in [0.25, 0.3) is 11.8 Å². The van der Waals surface area contributed by atoms with Crippen molar-refractivity contribution in [1.82, 2.24) is 50.0 Å². The Labute approximate surface area is 412 Å². The van der Waals surface area contributed by atoms with E-state index in [0.717, 1.165) is 114 Å². The fourth-order valence-corrected chi connectivity index (χ4v) is 7.66. The Hall–Kier alpha value is -8.13. The number of imidazole rings is 2. The third kappa shape index (κ3) is 12.9. The number of pyridine rings is 4. The Morgan fingerprint density at radius 2 is 1.07 bits per heavy atom. The SMILES string of the molecule is CCCCc1nc2c(N)nc3ccccc3c2n1OCCCCNC(=O)c1ccc(NN)nc1.CCCCc1nc2c(N)nc3ccccc3c2n1OCCCCNC(=O)c1ccc(NN=C(C)C)nc1. The lowest BCUT2D eigenvalue weighted by molar-refractivity contribution is 0.0936. The van der Waals surface area contributed by atoms with Crippen LogP contribution < -0.4 is 48.5 Å². The first-order chi connectivity index (χ1) is 34.6.